The van der Waals surface area contributed by atoms with Gasteiger partial charge in [0.1, 0.15) is 6.54 Å². The number of aromatic nitrogens is 1. The Bertz CT molecular complexity index is 1040. The summed E-state index contributed by atoms with van der Waals surface area (Å²) in [5.41, 5.74) is 1.58. The second kappa shape index (κ2) is 6.72. The summed E-state index contributed by atoms with van der Waals surface area (Å²) in [5, 5.41) is 1.28. The van der Waals surface area contributed by atoms with Crippen molar-refractivity contribution in [2.45, 2.75) is 25.2 Å². The van der Waals surface area contributed by atoms with Crippen molar-refractivity contribution in [1.29, 1.82) is 0 Å². The van der Waals surface area contributed by atoms with Gasteiger partial charge in [-0.2, -0.15) is 0 Å². The molecule has 1 spiro atoms. The molecule has 2 aliphatic rings. The van der Waals surface area contributed by atoms with E-state index in [1.807, 2.05) is 58.0 Å². The SMILES string of the molecule is O=C(Cn1c2ccccc2c(=O)c2ccccc21)N1CCC2(CC1)OCCO2. The smallest absolute Gasteiger partial charge is 0.242 e. The average Bonchev–Trinajstić information content (AvgIpc) is 3.19. The van der Waals surface area contributed by atoms with Gasteiger partial charge in [-0.25, -0.2) is 0 Å². The Balaban J connectivity index is 1.48. The third-order valence-electron chi connectivity index (χ3n) is 5.86. The first kappa shape index (κ1) is 17.4. The molecule has 6 nitrogen and oxygen atoms in total. The second-order valence-electron chi connectivity index (χ2n) is 7.44. The number of hydrogen-bond acceptors (Lipinski definition) is 4. The molecule has 0 bridgehead atoms. The molecule has 0 N–H and O–H groups in total. The van der Waals surface area contributed by atoms with Gasteiger partial charge in [-0.1, -0.05) is 24.3 Å². The average molecular weight is 378 g/mol. The van der Waals surface area contributed by atoms with Crippen LogP contribution in [-0.2, 0) is 20.8 Å². The molecule has 5 rings (SSSR count). The predicted octanol–water partition coefficient (Wildman–Crippen LogP) is 2.52. The van der Waals surface area contributed by atoms with Crippen LogP contribution in [0.3, 0.4) is 0 Å². The second-order valence-corrected chi connectivity index (χ2v) is 7.44. The van der Waals surface area contributed by atoms with Crippen molar-refractivity contribution in [1.82, 2.24) is 9.47 Å². The maximum atomic E-state index is 13.1. The Labute approximate surface area is 162 Å². The lowest BCUT2D eigenvalue weighted by atomic mass is 10.0. The molecule has 2 fully saturated rings. The van der Waals surface area contributed by atoms with Gasteiger partial charge >= 0.3 is 0 Å². The molecular weight excluding hydrogens is 356 g/mol. The van der Waals surface area contributed by atoms with Crippen LogP contribution in [0.15, 0.2) is 53.3 Å². The summed E-state index contributed by atoms with van der Waals surface area (Å²) in [4.78, 5) is 27.8. The van der Waals surface area contributed by atoms with E-state index in [-0.39, 0.29) is 17.9 Å². The molecule has 144 valence electrons. The number of likely N-dealkylation sites (tertiary alicyclic amines) is 1. The number of carbonyl (C=O) groups excluding carboxylic acids is 1. The van der Waals surface area contributed by atoms with Crippen molar-refractivity contribution in [2.75, 3.05) is 26.3 Å². The van der Waals surface area contributed by atoms with Crippen LogP contribution >= 0.6 is 0 Å². The molecule has 2 aliphatic heterocycles. The molecule has 1 amide bonds. The highest BCUT2D eigenvalue weighted by molar-refractivity contribution is 5.94. The Morgan fingerprint density at radius 3 is 2.00 bits per heavy atom. The maximum Gasteiger partial charge on any atom is 0.242 e. The summed E-state index contributed by atoms with van der Waals surface area (Å²) in [5.74, 6) is -0.445. The molecule has 6 heteroatoms. The molecule has 3 aromatic rings. The van der Waals surface area contributed by atoms with E-state index in [4.69, 9.17) is 9.47 Å². The van der Waals surface area contributed by atoms with Crippen molar-refractivity contribution in [3.8, 4) is 0 Å². The zero-order chi connectivity index (χ0) is 19.1. The van der Waals surface area contributed by atoms with Crippen LogP contribution in [0, 0.1) is 0 Å². The monoisotopic (exact) mass is 378 g/mol. The Morgan fingerprint density at radius 1 is 0.893 bits per heavy atom. The van der Waals surface area contributed by atoms with E-state index < -0.39 is 5.79 Å². The van der Waals surface area contributed by atoms with Crippen LogP contribution < -0.4 is 5.43 Å². The van der Waals surface area contributed by atoms with Crippen LogP contribution in [0.25, 0.3) is 21.8 Å². The molecule has 0 unspecified atom stereocenters. The molecule has 28 heavy (non-hydrogen) atoms. The van der Waals surface area contributed by atoms with E-state index in [2.05, 4.69) is 0 Å². The van der Waals surface area contributed by atoms with Gasteiger partial charge in [0.05, 0.1) is 24.2 Å². The van der Waals surface area contributed by atoms with Crippen molar-refractivity contribution in [3.63, 3.8) is 0 Å². The quantitative estimate of drug-likeness (QED) is 0.643. The lowest BCUT2D eigenvalue weighted by molar-refractivity contribution is -0.187. The standard InChI is InChI=1S/C22H22N2O4/c25-20(23-11-9-22(10-12-23)27-13-14-28-22)15-24-18-7-3-1-5-16(18)21(26)17-6-2-4-8-19(17)24/h1-8H,9-15H2. The van der Waals surface area contributed by atoms with Gasteiger partial charge in [0.15, 0.2) is 11.2 Å². The number of benzene rings is 2. The third kappa shape index (κ3) is 2.80. The molecule has 0 saturated carbocycles. The van der Waals surface area contributed by atoms with E-state index in [0.29, 0.717) is 49.9 Å². The molecule has 1 aromatic heterocycles. The number of ether oxygens (including phenoxy) is 2. The number of rotatable bonds is 2. The third-order valence-corrected chi connectivity index (χ3v) is 5.86. The molecule has 0 aliphatic carbocycles. The van der Waals surface area contributed by atoms with Crippen LogP contribution in [0.1, 0.15) is 12.8 Å². The van der Waals surface area contributed by atoms with Gasteiger partial charge in [-0.3, -0.25) is 9.59 Å². The Kier molecular flexibility index (Phi) is 4.18. The summed E-state index contributed by atoms with van der Waals surface area (Å²) in [6, 6.07) is 15.0. The van der Waals surface area contributed by atoms with Gasteiger partial charge < -0.3 is 18.9 Å². The number of fused-ring (bicyclic) bond motifs is 2. The van der Waals surface area contributed by atoms with Crippen LogP contribution in [0.4, 0.5) is 0 Å². The van der Waals surface area contributed by atoms with Gasteiger partial charge in [-0.05, 0) is 24.3 Å². The minimum Gasteiger partial charge on any atom is -0.347 e. The summed E-state index contributed by atoms with van der Waals surface area (Å²) in [7, 11) is 0. The van der Waals surface area contributed by atoms with Crippen molar-refractivity contribution < 1.29 is 14.3 Å². The predicted molar refractivity (Wildman–Crippen MR) is 106 cm³/mol. The van der Waals surface area contributed by atoms with Gasteiger partial charge in [0, 0.05) is 36.7 Å². The Hall–Kier alpha value is -2.70. The maximum absolute atomic E-state index is 13.1. The van der Waals surface area contributed by atoms with Gasteiger partial charge in [0.2, 0.25) is 5.91 Å². The number of nitrogens with zero attached hydrogens (tertiary/aromatic N) is 2. The number of piperidine rings is 1. The topological polar surface area (TPSA) is 60.8 Å². The molecule has 2 saturated heterocycles. The Morgan fingerprint density at radius 2 is 1.43 bits per heavy atom. The van der Waals surface area contributed by atoms with E-state index in [9.17, 15) is 9.59 Å². The summed E-state index contributed by atoms with van der Waals surface area (Å²) in [6.07, 6.45) is 1.40. The number of hydrogen-bond donors (Lipinski definition) is 0. The minimum atomic E-state index is -0.493. The highest BCUT2D eigenvalue weighted by Gasteiger charge is 2.40. The van der Waals surface area contributed by atoms with E-state index >= 15 is 0 Å². The first-order chi connectivity index (χ1) is 13.7. The molecule has 0 radical (unpaired) electrons. The van der Waals surface area contributed by atoms with Crippen molar-refractivity contribution in [3.05, 3.63) is 58.8 Å². The zero-order valence-corrected chi connectivity index (χ0v) is 15.6. The molecule has 2 aromatic carbocycles. The fourth-order valence-corrected chi connectivity index (χ4v) is 4.36. The summed E-state index contributed by atoms with van der Waals surface area (Å²) in [6.45, 7) is 2.70. The fourth-order valence-electron chi connectivity index (χ4n) is 4.36. The number of amides is 1. The first-order valence-corrected chi connectivity index (χ1v) is 9.73. The zero-order valence-electron chi connectivity index (χ0n) is 15.6. The first-order valence-electron chi connectivity index (χ1n) is 9.73. The van der Waals surface area contributed by atoms with Gasteiger partial charge in [0.25, 0.3) is 0 Å². The van der Waals surface area contributed by atoms with Crippen LogP contribution in [0.5, 0.6) is 0 Å². The van der Waals surface area contributed by atoms with Crippen molar-refractivity contribution in [2.24, 2.45) is 0 Å². The highest BCUT2D eigenvalue weighted by Crippen LogP contribution is 2.31. The van der Waals surface area contributed by atoms with Crippen molar-refractivity contribution >= 4 is 27.7 Å². The van der Waals surface area contributed by atoms with E-state index in [1.165, 1.54) is 0 Å². The summed E-state index contributed by atoms with van der Waals surface area (Å²) >= 11 is 0. The van der Waals surface area contributed by atoms with E-state index in [1.54, 1.807) is 0 Å². The molecule has 3 heterocycles. The number of pyridine rings is 1. The molecule has 0 atom stereocenters. The van der Waals surface area contributed by atoms with Gasteiger partial charge in [-0.15, -0.1) is 0 Å². The largest absolute Gasteiger partial charge is 0.347 e. The van der Waals surface area contributed by atoms with E-state index in [0.717, 1.165) is 11.0 Å². The minimum absolute atomic E-state index is 0.00495. The fraction of sp³-hybridized carbons (Fsp3) is 0.364. The number of para-hydroxylation sites is 2. The summed E-state index contributed by atoms with van der Waals surface area (Å²) < 4.78 is 13.5. The normalized spacial score (nSPS) is 18.9. The lowest BCUT2D eigenvalue weighted by Crippen LogP contribution is -2.48. The highest BCUT2D eigenvalue weighted by atomic mass is 16.7. The molecular formula is C22H22N2O4. The van der Waals surface area contributed by atoms with Crippen LogP contribution in [-0.4, -0.2) is 47.5 Å². The lowest BCUT2D eigenvalue weighted by Gasteiger charge is -2.37. The van der Waals surface area contributed by atoms with Crippen LogP contribution in [0.2, 0.25) is 0 Å². The number of carbonyl (C=O) groups is 1.